The van der Waals surface area contributed by atoms with Crippen molar-refractivity contribution in [3.63, 3.8) is 0 Å². The Labute approximate surface area is 75.6 Å². The molecule has 0 unspecified atom stereocenters. The lowest BCUT2D eigenvalue weighted by Crippen LogP contribution is -1.94. The predicted octanol–water partition coefficient (Wildman–Crippen LogP) is 2.34. The van der Waals surface area contributed by atoms with Crippen LogP contribution < -0.4 is 0 Å². The molecule has 1 aromatic carbocycles. The van der Waals surface area contributed by atoms with Gasteiger partial charge in [0.15, 0.2) is 0 Å². The summed E-state index contributed by atoms with van der Waals surface area (Å²) in [5.41, 5.74) is 1.41. The second-order valence-corrected chi connectivity index (χ2v) is 2.72. The van der Waals surface area contributed by atoms with E-state index < -0.39 is 6.67 Å². The molecule has 0 spiro atoms. The number of alkyl halides is 1. The van der Waals surface area contributed by atoms with Crippen LogP contribution in [-0.2, 0) is 6.67 Å². The average Bonchev–Trinajstić information content (AvgIpc) is 2.67. The quantitative estimate of drug-likeness (QED) is 0.686. The van der Waals surface area contributed by atoms with Gasteiger partial charge in [-0.15, -0.1) is 0 Å². The summed E-state index contributed by atoms with van der Waals surface area (Å²) in [6.45, 7) is -0.514. The highest BCUT2D eigenvalue weighted by Gasteiger charge is 1.98. The molecule has 0 radical (unpaired) electrons. The zero-order chi connectivity index (χ0) is 9.10. The van der Waals surface area contributed by atoms with Gasteiger partial charge in [0.2, 0.25) is 0 Å². The van der Waals surface area contributed by atoms with Gasteiger partial charge in [0, 0.05) is 6.20 Å². The molecule has 2 aromatic rings. The lowest BCUT2D eigenvalue weighted by atomic mass is 10.3. The van der Waals surface area contributed by atoms with Crippen molar-refractivity contribution in [1.29, 1.82) is 0 Å². The number of rotatable bonds is 2. The minimum absolute atomic E-state index is 0.462. The molecule has 2 rings (SSSR count). The molecule has 1 heterocycles. The lowest BCUT2D eigenvalue weighted by Gasteiger charge is -1.98. The molecule has 0 atom stereocenters. The molecule has 0 aliphatic carbocycles. The van der Waals surface area contributed by atoms with Crippen molar-refractivity contribution in [3.8, 4) is 5.69 Å². The van der Waals surface area contributed by atoms with Crippen molar-refractivity contribution in [2.45, 2.75) is 6.67 Å². The number of aromatic nitrogens is 2. The zero-order valence-corrected chi connectivity index (χ0v) is 7.02. The van der Waals surface area contributed by atoms with Crippen LogP contribution in [0, 0.1) is 0 Å². The van der Waals surface area contributed by atoms with E-state index in [-0.39, 0.29) is 0 Å². The van der Waals surface area contributed by atoms with Gasteiger partial charge in [0.1, 0.15) is 6.67 Å². The number of hydrogen-bond acceptors (Lipinski definition) is 1. The highest BCUT2D eigenvalue weighted by Crippen LogP contribution is 2.06. The van der Waals surface area contributed by atoms with E-state index >= 15 is 0 Å². The van der Waals surface area contributed by atoms with Gasteiger partial charge >= 0.3 is 0 Å². The van der Waals surface area contributed by atoms with Crippen molar-refractivity contribution >= 4 is 0 Å². The van der Waals surface area contributed by atoms with Crippen molar-refractivity contribution in [2.24, 2.45) is 0 Å². The summed E-state index contributed by atoms with van der Waals surface area (Å²) >= 11 is 0. The van der Waals surface area contributed by atoms with Gasteiger partial charge in [0.25, 0.3) is 0 Å². The minimum atomic E-state index is -0.514. The van der Waals surface area contributed by atoms with E-state index in [9.17, 15) is 4.39 Å². The van der Waals surface area contributed by atoms with Crippen LogP contribution in [0.2, 0.25) is 0 Å². The Bertz CT molecular complexity index is 381. The Balaban J connectivity index is 2.36. The van der Waals surface area contributed by atoms with Gasteiger partial charge in [0.05, 0.1) is 11.4 Å². The molecule has 1 aromatic heterocycles. The van der Waals surface area contributed by atoms with Gasteiger partial charge < -0.3 is 0 Å². The Hall–Kier alpha value is -1.64. The normalized spacial score (nSPS) is 10.2. The molecule has 0 bridgehead atoms. The lowest BCUT2D eigenvalue weighted by molar-refractivity contribution is 0.473. The standard InChI is InChI=1S/C10H9FN2/c11-8-9-6-7-13(12-9)10-4-2-1-3-5-10/h1-7H,8H2. The van der Waals surface area contributed by atoms with Gasteiger partial charge in [-0.2, -0.15) is 5.10 Å². The van der Waals surface area contributed by atoms with Crippen LogP contribution in [0.3, 0.4) is 0 Å². The van der Waals surface area contributed by atoms with Crippen molar-refractivity contribution in [1.82, 2.24) is 9.78 Å². The molecule has 0 saturated heterocycles. The van der Waals surface area contributed by atoms with Crippen LogP contribution in [0.25, 0.3) is 5.69 Å². The smallest absolute Gasteiger partial charge is 0.133 e. The average molecular weight is 176 g/mol. The number of nitrogens with zero attached hydrogens (tertiary/aromatic N) is 2. The van der Waals surface area contributed by atoms with Gasteiger partial charge in [-0.05, 0) is 18.2 Å². The molecule has 0 N–H and O–H groups in total. The summed E-state index contributed by atoms with van der Waals surface area (Å²) in [6, 6.07) is 11.3. The molecular formula is C10H9FN2. The van der Waals surface area contributed by atoms with Crippen LogP contribution in [0.4, 0.5) is 4.39 Å². The zero-order valence-electron chi connectivity index (χ0n) is 7.02. The first-order chi connectivity index (χ1) is 6.40. The predicted molar refractivity (Wildman–Crippen MR) is 48.4 cm³/mol. The fourth-order valence-corrected chi connectivity index (χ4v) is 1.16. The molecule has 0 saturated carbocycles. The second kappa shape index (κ2) is 3.39. The summed E-state index contributed by atoms with van der Waals surface area (Å²) in [4.78, 5) is 0. The van der Waals surface area contributed by atoms with Crippen molar-refractivity contribution in [2.75, 3.05) is 0 Å². The molecule has 66 valence electrons. The number of hydrogen-bond donors (Lipinski definition) is 0. The van der Waals surface area contributed by atoms with Crippen LogP contribution in [-0.4, -0.2) is 9.78 Å². The van der Waals surface area contributed by atoms with E-state index in [1.807, 2.05) is 30.3 Å². The van der Waals surface area contributed by atoms with Crippen molar-refractivity contribution < 1.29 is 4.39 Å². The first kappa shape index (κ1) is 7.98. The number of halogens is 1. The molecule has 0 amide bonds. The largest absolute Gasteiger partial charge is 0.244 e. The Morgan fingerprint density at radius 2 is 1.92 bits per heavy atom. The third kappa shape index (κ3) is 1.59. The van der Waals surface area contributed by atoms with Crippen LogP contribution in [0.1, 0.15) is 5.69 Å². The molecule has 0 aliphatic rings. The van der Waals surface area contributed by atoms with Crippen LogP contribution >= 0.6 is 0 Å². The fraction of sp³-hybridized carbons (Fsp3) is 0.100. The van der Waals surface area contributed by atoms with E-state index in [4.69, 9.17) is 0 Å². The van der Waals surface area contributed by atoms with E-state index in [0.717, 1.165) is 5.69 Å². The topological polar surface area (TPSA) is 17.8 Å². The van der Waals surface area contributed by atoms with Gasteiger partial charge in [-0.1, -0.05) is 18.2 Å². The number of para-hydroxylation sites is 1. The highest BCUT2D eigenvalue weighted by molar-refractivity contribution is 5.30. The van der Waals surface area contributed by atoms with Gasteiger partial charge in [-0.25, -0.2) is 9.07 Å². The third-order valence-corrected chi connectivity index (χ3v) is 1.80. The molecule has 3 heteroatoms. The van der Waals surface area contributed by atoms with E-state index in [0.29, 0.717) is 5.69 Å². The molecule has 0 fully saturated rings. The first-order valence-electron chi connectivity index (χ1n) is 4.06. The Kier molecular flexibility index (Phi) is 2.08. The maximum absolute atomic E-state index is 12.2. The Morgan fingerprint density at radius 1 is 1.15 bits per heavy atom. The summed E-state index contributed by atoms with van der Waals surface area (Å²) in [5, 5.41) is 4.04. The Morgan fingerprint density at radius 3 is 2.54 bits per heavy atom. The monoisotopic (exact) mass is 176 g/mol. The fourth-order valence-electron chi connectivity index (χ4n) is 1.16. The third-order valence-electron chi connectivity index (χ3n) is 1.80. The van der Waals surface area contributed by atoms with Gasteiger partial charge in [-0.3, -0.25) is 0 Å². The van der Waals surface area contributed by atoms with E-state index in [2.05, 4.69) is 5.10 Å². The van der Waals surface area contributed by atoms with E-state index in [1.165, 1.54) is 0 Å². The van der Waals surface area contributed by atoms with Crippen molar-refractivity contribution in [3.05, 3.63) is 48.3 Å². The second-order valence-electron chi connectivity index (χ2n) is 2.72. The summed E-state index contributed by atoms with van der Waals surface area (Å²) in [7, 11) is 0. The molecule has 13 heavy (non-hydrogen) atoms. The SMILES string of the molecule is FCc1ccn(-c2ccccc2)n1. The molecule has 0 aliphatic heterocycles. The van der Waals surface area contributed by atoms with Crippen LogP contribution in [0.15, 0.2) is 42.6 Å². The maximum Gasteiger partial charge on any atom is 0.133 e. The van der Waals surface area contributed by atoms with Crippen LogP contribution in [0.5, 0.6) is 0 Å². The maximum atomic E-state index is 12.2. The summed E-state index contributed by atoms with van der Waals surface area (Å²) in [5.74, 6) is 0. The van der Waals surface area contributed by atoms with E-state index in [1.54, 1.807) is 16.9 Å². The minimum Gasteiger partial charge on any atom is -0.244 e. The molecule has 2 nitrogen and oxygen atoms in total. The highest BCUT2D eigenvalue weighted by atomic mass is 19.1. The molecular weight excluding hydrogens is 167 g/mol. The summed E-state index contributed by atoms with van der Waals surface area (Å²) < 4.78 is 13.8. The number of benzene rings is 1. The summed E-state index contributed by atoms with van der Waals surface area (Å²) in [6.07, 6.45) is 1.75. The first-order valence-corrected chi connectivity index (χ1v) is 4.06.